The van der Waals surface area contributed by atoms with Crippen molar-refractivity contribution in [2.24, 2.45) is 0 Å². The number of nitrogens with one attached hydrogen (secondary N) is 1. The molecule has 29 heavy (non-hydrogen) atoms. The first kappa shape index (κ1) is 17.8. The number of hydrogen-bond donors (Lipinski definition) is 1. The van der Waals surface area contributed by atoms with E-state index in [4.69, 9.17) is 9.97 Å². The Morgan fingerprint density at radius 1 is 1.00 bits per heavy atom. The van der Waals surface area contributed by atoms with E-state index in [1.54, 1.807) is 24.5 Å². The summed E-state index contributed by atoms with van der Waals surface area (Å²) in [5.41, 5.74) is 3.32. The lowest BCUT2D eigenvalue weighted by atomic mass is 10.2. The molecule has 1 saturated heterocycles. The van der Waals surface area contributed by atoms with Crippen molar-refractivity contribution >= 4 is 17.0 Å². The number of rotatable bonds is 3. The normalized spacial score (nSPS) is 17.0. The molecular formula is C22H21FN6. The molecule has 0 saturated carbocycles. The third-order valence-corrected chi connectivity index (χ3v) is 5.31. The summed E-state index contributed by atoms with van der Waals surface area (Å²) in [6.45, 7) is 4.98. The van der Waals surface area contributed by atoms with Crippen LogP contribution in [0.1, 0.15) is 6.92 Å². The number of imidazole rings is 1. The molecule has 1 N–H and O–H groups in total. The molecular weight excluding hydrogens is 367 g/mol. The van der Waals surface area contributed by atoms with Gasteiger partial charge in [-0.05, 0) is 55.5 Å². The Morgan fingerprint density at radius 3 is 2.55 bits per heavy atom. The number of benzene rings is 1. The van der Waals surface area contributed by atoms with Crippen LogP contribution >= 0.6 is 0 Å². The van der Waals surface area contributed by atoms with E-state index in [0.717, 1.165) is 53.7 Å². The van der Waals surface area contributed by atoms with Crippen LogP contribution in [0.5, 0.6) is 0 Å². The van der Waals surface area contributed by atoms with Gasteiger partial charge in [-0.15, -0.1) is 0 Å². The number of pyridine rings is 2. The van der Waals surface area contributed by atoms with Crippen LogP contribution in [-0.2, 0) is 0 Å². The lowest BCUT2D eigenvalue weighted by molar-refractivity contribution is 0.497. The maximum atomic E-state index is 13.5. The fourth-order valence-electron chi connectivity index (χ4n) is 3.82. The van der Waals surface area contributed by atoms with E-state index in [1.165, 1.54) is 12.1 Å². The highest BCUT2D eigenvalue weighted by atomic mass is 19.1. The summed E-state index contributed by atoms with van der Waals surface area (Å²) in [7, 11) is 0. The number of halogens is 1. The zero-order valence-corrected chi connectivity index (χ0v) is 16.1. The minimum absolute atomic E-state index is 0.270. The van der Waals surface area contributed by atoms with E-state index in [0.29, 0.717) is 6.04 Å². The van der Waals surface area contributed by atoms with Crippen LogP contribution in [0, 0.1) is 5.82 Å². The van der Waals surface area contributed by atoms with Gasteiger partial charge in [0.2, 0.25) is 0 Å². The second-order valence-electron chi connectivity index (χ2n) is 7.24. The Balaban J connectivity index is 1.71. The number of fused-ring (bicyclic) bond motifs is 1. The Hall–Kier alpha value is -3.32. The number of piperazine rings is 1. The van der Waals surface area contributed by atoms with Gasteiger partial charge in [0.15, 0.2) is 5.65 Å². The first-order valence-corrected chi connectivity index (χ1v) is 9.74. The molecule has 146 valence electrons. The predicted octanol–water partition coefficient (Wildman–Crippen LogP) is 3.42. The zero-order chi connectivity index (χ0) is 19.8. The lowest BCUT2D eigenvalue weighted by Gasteiger charge is -2.34. The van der Waals surface area contributed by atoms with Gasteiger partial charge in [0.25, 0.3) is 0 Å². The smallest absolute Gasteiger partial charge is 0.167 e. The fourth-order valence-corrected chi connectivity index (χ4v) is 3.82. The Bertz CT molecular complexity index is 1140. The van der Waals surface area contributed by atoms with Crippen LogP contribution in [0.25, 0.3) is 28.2 Å². The van der Waals surface area contributed by atoms with Crippen molar-refractivity contribution in [1.29, 1.82) is 0 Å². The molecule has 0 amide bonds. The monoisotopic (exact) mass is 388 g/mol. The highest BCUT2D eigenvalue weighted by Crippen LogP contribution is 2.29. The van der Waals surface area contributed by atoms with Crippen LogP contribution < -0.4 is 10.2 Å². The predicted molar refractivity (Wildman–Crippen MR) is 112 cm³/mol. The number of aromatic nitrogens is 4. The highest BCUT2D eigenvalue weighted by molar-refractivity contribution is 5.81. The molecule has 0 bridgehead atoms. The quantitative estimate of drug-likeness (QED) is 0.583. The van der Waals surface area contributed by atoms with Gasteiger partial charge in [0.05, 0.1) is 5.69 Å². The Kier molecular flexibility index (Phi) is 4.44. The van der Waals surface area contributed by atoms with Gasteiger partial charge >= 0.3 is 0 Å². The summed E-state index contributed by atoms with van der Waals surface area (Å²) in [4.78, 5) is 16.3. The standard InChI is InChI=1S/C22H21FN6/c1-15-14-25-12-13-28(15)20-7-6-19-22(27-20)29(18-8-10-24-11-9-18)21(26-19)16-2-4-17(23)5-3-16/h2-11,15,25H,12-14H2,1H3/t15-/m0/s1. The summed E-state index contributed by atoms with van der Waals surface area (Å²) in [6, 6.07) is 14.6. The van der Waals surface area contributed by atoms with E-state index >= 15 is 0 Å². The molecule has 1 aliphatic rings. The molecule has 3 aromatic heterocycles. The largest absolute Gasteiger partial charge is 0.351 e. The third-order valence-electron chi connectivity index (χ3n) is 5.31. The number of anilines is 1. The van der Waals surface area contributed by atoms with Crippen molar-refractivity contribution in [2.75, 3.05) is 24.5 Å². The molecule has 0 aliphatic carbocycles. The lowest BCUT2D eigenvalue weighted by Crippen LogP contribution is -2.50. The minimum Gasteiger partial charge on any atom is -0.351 e. The first-order valence-electron chi connectivity index (χ1n) is 9.74. The van der Waals surface area contributed by atoms with Gasteiger partial charge in [-0.3, -0.25) is 9.55 Å². The average Bonchev–Trinajstić information content (AvgIpc) is 3.14. The van der Waals surface area contributed by atoms with Gasteiger partial charge in [-0.25, -0.2) is 14.4 Å². The van der Waals surface area contributed by atoms with E-state index < -0.39 is 0 Å². The maximum absolute atomic E-state index is 13.5. The summed E-state index contributed by atoms with van der Waals surface area (Å²) < 4.78 is 15.5. The topological polar surface area (TPSA) is 58.9 Å². The van der Waals surface area contributed by atoms with Gasteiger partial charge in [0.1, 0.15) is 23.0 Å². The third kappa shape index (κ3) is 3.23. The van der Waals surface area contributed by atoms with Gasteiger partial charge in [-0.1, -0.05) is 0 Å². The van der Waals surface area contributed by atoms with E-state index in [9.17, 15) is 4.39 Å². The summed E-state index contributed by atoms with van der Waals surface area (Å²) in [6.07, 6.45) is 3.50. The van der Waals surface area contributed by atoms with Crippen molar-refractivity contribution in [3.63, 3.8) is 0 Å². The summed E-state index contributed by atoms with van der Waals surface area (Å²) in [5, 5.41) is 3.41. The van der Waals surface area contributed by atoms with Gasteiger partial charge in [-0.2, -0.15) is 0 Å². The molecule has 1 aromatic carbocycles. The molecule has 6 nitrogen and oxygen atoms in total. The minimum atomic E-state index is -0.270. The van der Waals surface area contributed by atoms with Crippen molar-refractivity contribution in [3.8, 4) is 17.1 Å². The van der Waals surface area contributed by atoms with Crippen LogP contribution in [-0.4, -0.2) is 45.2 Å². The molecule has 1 aliphatic heterocycles. The fraction of sp³-hybridized carbons (Fsp3) is 0.227. The second kappa shape index (κ2) is 7.25. The van der Waals surface area contributed by atoms with Gasteiger partial charge < -0.3 is 10.2 Å². The zero-order valence-electron chi connectivity index (χ0n) is 16.1. The maximum Gasteiger partial charge on any atom is 0.167 e. The SMILES string of the molecule is C[C@H]1CNCCN1c1ccc2nc(-c3ccc(F)cc3)n(-c3ccncc3)c2n1. The van der Waals surface area contributed by atoms with Gasteiger partial charge in [0, 0.05) is 43.6 Å². The summed E-state index contributed by atoms with van der Waals surface area (Å²) in [5.74, 6) is 1.39. The second-order valence-corrected chi connectivity index (χ2v) is 7.24. The van der Waals surface area contributed by atoms with Crippen molar-refractivity contribution in [3.05, 3.63) is 66.7 Å². The van der Waals surface area contributed by atoms with Crippen molar-refractivity contribution in [1.82, 2.24) is 24.8 Å². The molecule has 7 heteroatoms. The van der Waals surface area contributed by atoms with E-state index in [-0.39, 0.29) is 5.82 Å². The van der Waals surface area contributed by atoms with E-state index in [1.807, 2.05) is 28.8 Å². The molecule has 1 atom stereocenters. The number of nitrogens with zero attached hydrogens (tertiary/aromatic N) is 5. The van der Waals surface area contributed by atoms with Crippen LogP contribution in [0.3, 0.4) is 0 Å². The molecule has 4 aromatic rings. The molecule has 1 fully saturated rings. The molecule has 0 radical (unpaired) electrons. The van der Waals surface area contributed by atoms with Crippen molar-refractivity contribution < 1.29 is 4.39 Å². The number of hydrogen-bond acceptors (Lipinski definition) is 5. The molecule has 0 unspecified atom stereocenters. The van der Waals surface area contributed by atoms with Crippen LogP contribution in [0.4, 0.5) is 10.2 Å². The van der Waals surface area contributed by atoms with Crippen LogP contribution in [0.15, 0.2) is 60.9 Å². The summed E-state index contributed by atoms with van der Waals surface area (Å²) >= 11 is 0. The molecule has 0 spiro atoms. The van der Waals surface area contributed by atoms with Crippen molar-refractivity contribution in [2.45, 2.75) is 13.0 Å². The van der Waals surface area contributed by atoms with Crippen LogP contribution in [0.2, 0.25) is 0 Å². The van der Waals surface area contributed by atoms with E-state index in [2.05, 4.69) is 22.1 Å². The first-order chi connectivity index (χ1) is 14.2. The highest BCUT2D eigenvalue weighted by Gasteiger charge is 2.22. The molecule has 5 rings (SSSR count). The average molecular weight is 388 g/mol. The Labute approximate surface area is 168 Å². The Morgan fingerprint density at radius 2 is 1.79 bits per heavy atom. The molecule has 4 heterocycles.